The summed E-state index contributed by atoms with van der Waals surface area (Å²) in [6, 6.07) is 16.1. The minimum absolute atomic E-state index is 0.0415. The van der Waals surface area contributed by atoms with Gasteiger partial charge < -0.3 is 19.3 Å². The summed E-state index contributed by atoms with van der Waals surface area (Å²) in [5.74, 6) is 2.88. The molecule has 0 bridgehead atoms. The lowest BCUT2D eigenvalue weighted by Gasteiger charge is -2.19. The third-order valence-electron chi connectivity index (χ3n) is 4.28. The van der Waals surface area contributed by atoms with Crippen LogP contribution in [0.2, 0.25) is 0 Å². The van der Waals surface area contributed by atoms with Crippen LogP contribution in [-0.2, 0) is 13.0 Å². The number of ether oxygens (including phenoxy) is 2. The van der Waals surface area contributed by atoms with E-state index >= 15 is 0 Å². The second-order valence-corrected chi connectivity index (χ2v) is 6.29. The van der Waals surface area contributed by atoms with E-state index in [0.29, 0.717) is 37.9 Å². The Morgan fingerprint density at radius 1 is 1.00 bits per heavy atom. The molecule has 6 heteroatoms. The second kappa shape index (κ2) is 7.58. The van der Waals surface area contributed by atoms with Crippen molar-refractivity contribution in [2.45, 2.75) is 25.9 Å². The van der Waals surface area contributed by atoms with Crippen LogP contribution in [0.1, 0.15) is 35.8 Å². The Morgan fingerprint density at radius 2 is 1.81 bits per heavy atom. The van der Waals surface area contributed by atoms with Crippen LogP contribution in [0.4, 0.5) is 0 Å². The zero-order chi connectivity index (χ0) is 17.8. The summed E-state index contributed by atoms with van der Waals surface area (Å²) in [7, 11) is 0. The zero-order valence-corrected chi connectivity index (χ0v) is 14.6. The zero-order valence-electron chi connectivity index (χ0n) is 14.6. The molecule has 1 aliphatic rings. The van der Waals surface area contributed by atoms with Crippen molar-refractivity contribution in [2.75, 3.05) is 13.2 Å². The van der Waals surface area contributed by atoms with Gasteiger partial charge in [0.2, 0.25) is 5.89 Å². The lowest BCUT2D eigenvalue weighted by molar-refractivity contribution is 0.171. The molecule has 0 saturated heterocycles. The lowest BCUT2D eigenvalue weighted by Crippen LogP contribution is -2.19. The van der Waals surface area contributed by atoms with Crippen molar-refractivity contribution in [2.24, 2.45) is 0 Å². The highest BCUT2D eigenvalue weighted by Gasteiger charge is 2.15. The van der Waals surface area contributed by atoms with Crippen LogP contribution in [0.25, 0.3) is 0 Å². The van der Waals surface area contributed by atoms with E-state index in [-0.39, 0.29) is 6.04 Å². The van der Waals surface area contributed by atoms with Crippen molar-refractivity contribution in [3.63, 3.8) is 0 Å². The molecular weight excluding hydrogens is 330 g/mol. The summed E-state index contributed by atoms with van der Waals surface area (Å²) in [5, 5.41) is 7.49. The highest BCUT2D eigenvalue weighted by atomic mass is 16.6. The van der Waals surface area contributed by atoms with E-state index in [0.717, 1.165) is 22.6 Å². The summed E-state index contributed by atoms with van der Waals surface area (Å²) in [6.45, 7) is 3.88. The van der Waals surface area contributed by atoms with E-state index in [1.165, 1.54) is 0 Å². The summed E-state index contributed by atoms with van der Waals surface area (Å²) in [5.41, 5.74) is 2.28. The molecule has 0 aliphatic carbocycles. The molecular formula is C20H21N3O3. The highest BCUT2D eigenvalue weighted by Crippen LogP contribution is 2.30. The molecule has 134 valence electrons. The number of benzene rings is 2. The molecule has 1 N–H and O–H groups in total. The third kappa shape index (κ3) is 3.86. The summed E-state index contributed by atoms with van der Waals surface area (Å²) < 4.78 is 16.6. The first-order valence-corrected chi connectivity index (χ1v) is 8.76. The molecule has 6 nitrogen and oxygen atoms in total. The Balaban J connectivity index is 1.35. The third-order valence-corrected chi connectivity index (χ3v) is 4.28. The van der Waals surface area contributed by atoms with Crippen LogP contribution in [0, 0.1) is 0 Å². The first-order chi connectivity index (χ1) is 12.8. The number of nitrogens with zero attached hydrogens (tertiary/aromatic N) is 2. The molecule has 0 spiro atoms. The molecule has 1 aliphatic heterocycles. The highest BCUT2D eigenvalue weighted by molar-refractivity contribution is 5.43. The van der Waals surface area contributed by atoms with Gasteiger partial charge in [-0.25, -0.2) is 0 Å². The lowest BCUT2D eigenvalue weighted by atomic mass is 10.1. The molecule has 4 rings (SSSR count). The topological polar surface area (TPSA) is 69.4 Å². The maximum absolute atomic E-state index is 5.62. The summed E-state index contributed by atoms with van der Waals surface area (Å²) >= 11 is 0. The van der Waals surface area contributed by atoms with Gasteiger partial charge in [-0.2, -0.15) is 4.98 Å². The predicted octanol–water partition coefficient (Wildman–Crippen LogP) is 3.28. The number of fused-ring (bicyclic) bond motifs is 1. The van der Waals surface area contributed by atoms with Gasteiger partial charge in [0.25, 0.3) is 0 Å². The van der Waals surface area contributed by atoms with Crippen molar-refractivity contribution in [3.8, 4) is 11.5 Å². The SMILES string of the molecule is CC(NCc1ccc2c(c1)OCCO2)c1nc(Cc2ccccc2)no1. The standard InChI is InChI=1S/C20H21N3O3/c1-14(20-22-19(23-26-20)12-15-5-3-2-4-6-15)21-13-16-7-8-17-18(11-16)25-10-9-24-17/h2-8,11,14,21H,9-10,12-13H2,1H3. The Kier molecular flexibility index (Phi) is 4.84. The molecule has 1 aromatic heterocycles. The molecule has 1 atom stereocenters. The fraction of sp³-hybridized carbons (Fsp3) is 0.300. The Labute approximate surface area is 152 Å². The van der Waals surface area contributed by atoms with Crippen LogP contribution < -0.4 is 14.8 Å². The van der Waals surface area contributed by atoms with Crippen LogP contribution in [0.5, 0.6) is 11.5 Å². The molecule has 26 heavy (non-hydrogen) atoms. The van der Waals surface area contributed by atoms with E-state index in [9.17, 15) is 0 Å². The van der Waals surface area contributed by atoms with E-state index in [2.05, 4.69) is 27.6 Å². The number of hydrogen-bond donors (Lipinski definition) is 1. The summed E-state index contributed by atoms with van der Waals surface area (Å²) in [6.07, 6.45) is 0.666. The van der Waals surface area contributed by atoms with Gasteiger partial charge in [0.05, 0.1) is 6.04 Å². The van der Waals surface area contributed by atoms with E-state index in [1.54, 1.807) is 0 Å². The van der Waals surface area contributed by atoms with Crippen molar-refractivity contribution < 1.29 is 14.0 Å². The van der Waals surface area contributed by atoms with Gasteiger partial charge >= 0.3 is 0 Å². The van der Waals surface area contributed by atoms with Crippen molar-refractivity contribution in [1.82, 2.24) is 15.5 Å². The number of aromatic nitrogens is 2. The van der Waals surface area contributed by atoms with Crippen molar-refractivity contribution in [1.29, 1.82) is 0 Å². The van der Waals surface area contributed by atoms with Crippen LogP contribution in [0.3, 0.4) is 0 Å². The maximum Gasteiger partial charge on any atom is 0.243 e. The average Bonchev–Trinajstić information content (AvgIpc) is 3.15. The van der Waals surface area contributed by atoms with Crippen LogP contribution in [0.15, 0.2) is 53.1 Å². The minimum Gasteiger partial charge on any atom is -0.486 e. The smallest absolute Gasteiger partial charge is 0.243 e. The molecule has 0 saturated carbocycles. The quantitative estimate of drug-likeness (QED) is 0.735. The first kappa shape index (κ1) is 16.6. The largest absolute Gasteiger partial charge is 0.486 e. The molecule has 0 radical (unpaired) electrons. The Hall–Kier alpha value is -2.86. The normalized spacial score (nSPS) is 14.2. The van der Waals surface area contributed by atoms with Crippen molar-refractivity contribution in [3.05, 3.63) is 71.4 Å². The summed E-state index contributed by atoms with van der Waals surface area (Å²) in [4.78, 5) is 4.50. The fourth-order valence-electron chi connectivity index (χ4n) is 2.85. The second-order valence-electron chi connectivity index (χ2n) is 6.29. The molecule has 1 unspecified atom stereocenters. The van der Waals surface area contributed by atoms with Gasteiger partial charge in [0.1, 0.15) is 13.2 Å². The molecule has 0 amide bonds. The number of nitrogens with one attached hydrogen (secondary N) is 1. The first-order valence-electron chi connectivity index (χ1n) is 8.76. The van der Waals surface area contributed by atoms with Crippen LogP contribution in [-0.4, -0.2) is 23.4 Å². The van der Waals surface area contributed by atoms with E-state index in [4.69, 9.17) is 14.0 Å². The fourth-order valence-corrected chi connectivity index (χ4v) is 2.85. The van der Waals surface area contributed by atoms with Gasteiger partial charge in [-0.1, -0.05) is 41.6 Å². The predicted molar refractivity (Wildman–Crippen MR) is 96.2 cm³/mol. The minimum atomic E-state index is -0.0415. The van der Waals surface area contributed by atoms with Crippen LogP contribution >= 0.6 is 0 Å². The monoisotopic (exact) mass is 351 g/mol. The van der Waals surface area contributed by atoms with Crippen molar-refractivity contribution >= 4 is 0 Å². The number of rotatable bonds is 6. The molecule has 0 fully saturated rings. The molecule has 2 aromatic carbocycles. The number of hydrogen-bond acceptors (Lipinski definition) is 6. The van der Waals surface area contributed by atoms with E-state index < -0.39 is 0 Å². The van der Waals surface area contributed by atoms with Gasteiger partial charge in [0.15, 0.2) is 17.3 Å². The average molecular weight is 351 g/mol. The van der Waals surface area contributed by atoms with Gasteiger partial charge in [0, 0.05) is 13.0 Å². The molecule has 2 heterocycles. The Morgan fingerprint density at radius 3 is 2.65 bits per heavy atom. The molecule has 3 aromatic rings. The van der Waals surface area contributed by atoms with Gasteiger partial charge in [-0.05, 0) is 30.2 Å². The Bertz CT molecular complexity index is 864. The maximum atomic E-state index is 5.62. The van der Waals surface area contributed by atoms with Gasteiger partial charge in [-0.15, -0.1) is 0 Å². The van der Waals surface area contributed by atoms with E-state index in [1.807, 2.05) is 43.3 Å². The van der Waals surface area contributed by atoms with Gasteiger partial charge in [-0.3, -0.25) is 0 Å².